The number of halogens is 5. The molecule has 2 aliphatic heterocycles. The van der Waals surface area contributed by atoms with Gasteiger partial charge in [0.25, 0.3) is 5.56 Å². The van der Waals surface area contributed by atoms with Crippen molar-refractivity contribution in [3.8, 4) is 11.1 Å². The first kappa shape index (κ1) is 49.1. The van der Waals surface area contributed by atoms with Crippen LogP contribution < -0.4 is 10.5 Å². The van der Waals surface area contributed by atoms with Crippen LogP contribution in [0.2, 0.25) is 0 Å². The van der Waals surface area contributed by atoms with E-state index in [1.54, 1.807) is 29.8 Å². The normalized spacial score (nSPS) is 16.0. The van der Waals surface area contributed by atoms with Crippen LogP contribution in [0.25, 0.3) is 22.2 Å². The summed E-state index contributed by atoms with van der Waals surface area (Å²) in [5.74, 6) is -4.88. The topological polar surface area (TPSA) is 193 Å². The Morgan fingerprint density at radius 1 is 0.788 bits per heavy atom. The van der Waals surface area contributed by atoms with Crippen LogP contribution in [0.4, 0.5) is 27.8 Å². The van der Waals surface area contributed by atoms with Crippen LogP contribution in [0.15, 0.2) is 83.7 Å². The van der Waals surface area contributed by atoms with Crippen molar-refractivity contribution >= 4 is 34.7 Å². The lowest BCUT2D eigenvalue weighted by Crippen LogP contribution is -2.53. The summed E-state index contributed by atoms with van der Waals surface area (Å²) in [6, 6.07) is 20.1. The number of carboxylic acid groups (broad SMARTS) is 2. The third kappa shape index (κ3) is 12.1. The lowest BCUT2D eigenvalue weighted by Gasteiger charge is -2.42. The quantitative estimate of drug-likeness (QED) is 0.122. The largest absolute Gasteiger partial charge is 0.479 e. The molecule has 0 spiro atoms. The van der Waals surface area contributed by atoms with E-state index in [-0.39, 0.29) is 54.3 Å². The Labute approximate surface area is 376 Å². The molecule has 2 aromatic heterocycles. The maximum Gasteiger partial charge on any atom is 0.416 e. The van der Waals surface area contributed by atoms with Crippen LogP contribution in [-0.2, 0) is 46.5 Å². The van der Waals surface area contributed by atoms with E-state index in [9.17, 15) is 41.1 Å². The van der Waals surface area contributed by atoms with Crippen molar-refractivity contribution in [3.63, 3.8) is 0 Å². The molecule has 66 heavy (non-hydrogen) atoms. The molecule has 0 bridgehead atoms. The molecule has 0 radical (unpaired) electrons. The Morgan fingerprint density at radius 2 is 1.38 bits per heavy atom. The molecule has 2 saturated heterocycles. The molecule has 352 valence electrons. The molecular formula is C46H50F5N7O8. The number of rotatable bonds is 13. The number of nitrogens with zero attached hydrogens (tertiary/aromatic N) is 7. The van der Waals surface area contributed by atoms with Crippen LogP contribution >= 0.6 is 0 Å². The van der Waals surface area contributed by atoms with E-state index in [1.165, 1.54) is 29.2 Å². The van der Waals surface area contributed by atoms with Crippen LogP contribution in [-0.4, -0.2) is 139 Å². The van der Waals surface area contributed by atoms with Gasteiger partial charge in [0.2, 0.25) is 5.91 Å². The SMILES string of the molecule is CN1CCC(N2CCN(c3ccc4c(=O)nc(CCc5cccc(F)c5F)n(CC(=O)N(C)Cc5ccc(-c6ccc(C(F)(F)F)cc6)cc5)c4n3)CC2)CC1.O=C(O)[C@H](O)[C@@H](O)C(=O)O. The second kappa shape index (κ2) is 21.3. The smallest absolute Gasteiger partial charge is 0.416 e. The van der Waals surface area contributed by atoms with Crippen molar-refractivity contribution in [2.45, 2.75) is 63.2 Å². The van der Waals surface area contributed by atoms with E-state index in [0.29, 0.717) is 17.4 Å². The van der Waals surface area contributed by atoms with Gasteiger partial charge in [0.1, 0.15) is 23.8 Å². The predicted octanol–water partition coefficient (Wildman–Crippen LogP) is 4.29. The zero-order valence-electron chi connectivity index (χ0n) is 36.2. The number of pyridine rings is 1. The molecule has 3 aromatic carbocycles. The van der Waals surface area contributed by atoms with Gasteiger partial charge >= 0.3 is 18.1 Å². The average Bonchev–Trinajstić information content (AvgIpc) is 3.30. The second-order valence-electron chi connectivity index (χ2n) is 16.3. The van der Waals surface area contributed by atoms with Gasteiger partial charge in [-0.05, 0) is 92.0 Å². The number of likely N-dealkylation sites (N-methyl/N-ethyl adjacent to an activating group) is 1. The Kier molecular flexibility index (Phi) is 15.8. The van der Waals surface area contributed by atoms with Crippen LogP contribution in [0.5, 0.6) is 0 Å². The molecule has 0 unspecified atom stereocenters. The first-order valence-corrected chi connectivity index (χ1v) is 21.1. The minimum atomic E-state index is -4.42. The van der Waals surface area contributed by atoms with Gasteiger partial charge in [-0.25, -0.2) is 23.4 Å². The number of hydrogen-bond donors (Lipinski definition) is 4. The van der Waals surface area contributed by atoms with E-state index in [2.05, 4.69) is 26.7 Å². The Bertz CT molecular complexity index is 2540. The van der Waals surface area contributed by atoms with E-state index >= 15 is 0 Å². The first-order chi connectivity index (χ1) is 31.3. The molecule has 4 heterocycles. The molecule has 5 aromatic rings. The number of anilines is 1. The number of likely N-dealkylation sites (tertiary alicyclic amines) is 1. The number of carboxylic acids is 2. The lowest BCUT2D eigenvalue weighted by atomic mass is 10.0. The number of piperidine rings is 1. The fraction of sp³-hybridized carbons (Fsp3) is 0.391. The molecule has 2 fully saturated rings. The Morgan fingerprint density at radius 3 is 1.95 bits per heavy atom. The minimum Gasteiger partial charge on any atom is -0.479 e. The number of alkyl halides is 3. The molecule has 0 saturated carbocycles. The molecule has 15 nitrogen and oxygen atoms in total. The van der Waals surface area contributed by atoms with Gasteiger partial charge in [-0.1, -0.05) is 48.5 Å². The van der Waals surface area contributed by atoms with Gasteiger partial charge in [-0.2, -0.15) is 18.2 Å². The van der Waals surface area contributed by atoms with Gasteiger partial charge in [0.05, 0.1) is 10.9 Å². The van der Waals surface area contributed by atoms with E-state index in [1.807, 2.05) is 18.2 Å². The number of aryl methyl sites for hydroxylation is 2. The summed E-state index contributed by atoms with van der Waals surface area (Å²) >= 11 is 0. The molecule has 7 rings (SSSR count). The third-order valence-corrected chi connectivity index (χ3v) is 11.8. The van der Waals surface area contributed by atoms with Crippen molar-refractivity contribution in [1.29, 1.82) is 0 Å². The van der Waals surface area contributed by atoms with E-state index < -0.39 is 53.1 Å². The van der Waals surface area contributed by atoms with Crippen molar-refractivity contribution in [2.75, 3.05) is 58.3 Å². The summed E-state index contributed by atoms with van der Waals surface area (Å²) in [7, 11) is 3.80. The number of aliphatic hydroxyl groups is 2. The highest BCUT2D eigenvalue weighted by Crippen LogP contribution is 2.31. The molecular weight excluding hydrogens is 874 g/mol. The molecule has 0 aliphatic carbocycles. The van der Waals surface area contributed by atoms with Crippen LogP contribution in [0.3, 0.4) is 0 Å². The number of piperazine rings is 1. The van der Waals surface area contributed by atoms with Crippen molar-refractivity contribution in [1.82, 2.24) is 29.2 Å². The highest BCUT2D eigenvalue weighted by molar-refractivity contribution is 5.83. The fourth-order valence-electron chi connectivity index (χ4n) is 7.91. The number of aliphatic hydroxyl groups excluding tert-OH is 2. The van der Waals surface area contributed by atoms with E-state index in [4.69, 9.17) is 25.4 Å². The number of aromatic nitrogens is 3. The number of amides is 1. The van der Waals surface area contributed by atoms with Gasteiger partial charge in [-0.3, -0.25) is 14.5 Å². The number of carbonyl (C=O) groups is 3. The van der Waals surface area contributed by atoms with Gasteiger partial charge in [-0.15, -0.1) is 0 Å². The highest BCUT2D eigenvalue weighted by atomic mass is 19.4. The van der Waals surface area contributed by atoms with Crippen LogP contribution in [0.1, 0.15) is 35.4 Å². The van der Waals surface area contributed by atoms with Gasteiger partial charge < -0.3 is 39.7 Å². The molecule has 1 amide bonds. The molecule has 2 aliphatic rings. The van der Waals surface area contributed by atoms with Gasteiger partial charge in [0, 0.05) is 52.2 Å². The maximum atomic E-state index is 14.7. The molecule has 20 heteroatoms. The summed E-state index contributed by atoms with van der Waals surface area (Å²) in [5, 5.41) is 32.8. The average molecular weight is 924 g/mol. The standard InChI is InChI=1S/C42H44F5N7O2.C4H6O6/c1-50-20-18-33(19-21-50)52-22-24-53(25-23-52)36-17-15-34-40(48-36)54(37(49-41(34)56)16-12-31-4-3-5-35(43)39(31)44)27-38(55)51(2)26-28-6-8-29(9-7-28)30-10-13-32(14-11-30)42(45,46)47;5-1(3(7)8)2(6)4(9)10/h3-11,13-15,17,33H,12,16,18-27H2,1-2H3;1-2,5-6H,(H,7,8)(H,9,10)/t;1-,2-/m.1/s1. The summed E-state index contributed by atoms with van der Waals surface area (Å²) in [5.41, 5.74) is 1.32. The Balaban J connectivity index is 0.000000645. The summed E-state index contributed by atoms with van der Waals surface area (Å²) < 4.78 is 69.5. The van der Waals surface area contributed by atoms with Crippen molar-refractivity contribution in [3.05, 3.63) is 123 Å². The van der Waals surface area contributed by atoms with E-state index in [0.717, 1.165) is 81.4 Å². The van der Waals surface area contributed by atoms with Crippen molar-refractivity contribution < 1.29 is 56.8 Å². The maximum absolute atomic E-state index is 14.7. The predicted molar refractivity (Wildman–Crippen MR) is 233 cm³/mol. The zero-order valence-corrected chi connectivity index (χ0v) is 36.2. The monoisotopic (exact) mass is 923 g/mol. The number of carbonyl (C=O) groups excluding carboxylic acids is 1. The summed E-state index contributed by atoms with van der Waals surface area (Å²) in [6.45, 7) is 5.46. The van der Waals surface area contributed by atoms with Crippen LogP contribution in [0, 0.1) is 11.6 Å². The Hall–Kier alpha value is -6.35. The fourth-order valence-corrected chi connectivity index (χ4v) is 7.91. The number of aliphatic carboxylic acids is 2. The number of fused-ring (bicyclic) bond motifs is 1. The second-order valence-corrected chi connectivity index (χ2v) is 16.3. The number of benzene rings is 3. The van der Waals surface area contributed by atoms with Gasteiger partial charge in [0.15, 0.2) is 23.8 Å². The lowest BCUT2D eigenvalue weighted by molar-refractivity contribution is -0.165. The molecule has 4 N–H and O–H groups in total. The first-order valence-electron chi connectivity index (χ1n) is 21.1. The zero-order chi connectivity index (χ0) is 47.9. The summed E-state index contributed by atoms with van der Waals surface area (Å²) in [6.07, 6.45) is -6.58. The summed E-state index contributed by atoms with van der Waals surface area (Å²) in [4.78, 5) is 64.8. The highest BCUT2D eigenvalue weighted by Gasteiger charge is 2.31. The number of hydrogen-bond acceptors (Lipinski definition) is 11. The minimum absolute atomic E-state index is 0.0372. The molecule has 2 atom stereocenters. The van der Waals surface area contributed by atoms with Crippen molar-refractivity contribution in [2.24, 2.45) is 0 Å². The third-order valence-electron chi connectivity index (χ3n) is 11.8.